The summed E-state index contributed by atoms with van der Waals surface area (Å²) in [7, 11) is 0. The lowest BCUT2D eigenvalue weighted by molar-refractivity contribution is -0.123. The third-order valence-corrected chi connectivity index (χ3v) is 4.78. The van der Waals surface area contributed by atoms with Gasteiger partial charge >= 0.3 is 6.03 Å². The number of hydrogen-bond acceptors (Lipinski definition) is 3. The fraction of sp³-hybridized carbons (Fsp3) is 0.632. The number of rotatable bonds is 6. The van der Waals surface area contributed by atoms with Gasteiger partial charge in [0.2, 0.25) is 5.91 Å². The molecular formula is C19H30N4O2. The number of pyridine rings is 1. The van der Waals surface area contributed by atoms with E-state index >= 15 is 0 Å². The average Bonchev–Trinajstić information content (AvgIpc) is 2.60. The van der Waals surface area contributed by atoms with Gasteiger partial charge in [0, 0.05) is 44.5 Å². The van der Waals surface area contributed by atoms with Crippen LogP contribution >= 0.6 is 0 Å². The van der Waals surface area contributed by atoms with Crippen LogP contribution < -0.4 is 10.6 Å². The molecule has 1 saturated heterocycles. The number of carbonyl (C=O) groups excluding carboxylic acids is 2. The molecule has 6 nitrogen and oxygen atoms in total. The van der Waals surface area contributed by atoms with Gasteiger partial charge in [0.15, 0.2) is 0 Å². The van der Waals surface area contributed by atoms with Crippen LogP contribution in [0.4, 0.5) is 4.79 Å². The second-order valence-electron chi connectivity index (χ2n) is 7.11. The Balaban J connectivity index is 1.81. The lowest BCUT2D eigenvalue weighted by atomic mass is 9.81. The highest BCUT2D eigenvalue weighted by molar-refractivity contribution is 5.76. The van der Waals surface area contributed by atoms with E-state index in [1.54, 1.807) is 12.4 Å². The third-order valence-electron chi connectivity index (χ3n) is 4.78. The Morgan fingerprint density at radius 2 is 2.16 bits per heavy atom. The number of aromatic nitrogens is 1. The number of urea groups is 1. The first-order chi connectivity index (χ1) is 12.0. The highest BCUT2D eigenvalue weighted by Gasteiger charge is 2.31. The maximum Gasteiger partial charge on any atom is 0.317 e. The Kier molecular flexibility index (Phi) is 7.22. The predicted molar refractivity (Wildman–Crippen MR) is 97.8 cm³/mol. The Morgan fingerprint density at radius 1 is 1.36 bits per heavy atom. The minimum atomic E-state index is 0.00734. The molecule has 0 radical (unpaired) electrons. The fourth-order valence-corrected chi connectivity index (χ4v) is 3.35. The summed E-state index contributed by atoms with van der Waals surface area (Å²) in [6.45, 7) is 8.03. The van der Waals surface area contributed by atoms with E-state index in [1.165, 1.54) is 0 Å². The largest absolute Gasteiger partial charge is 0.352 e. The number of amides is 3. The van der Waals surface area contributed by atoms with Gasteiger partial charge in [0.25, 0.3) is 0 Å². The molecule has 1 aromatic rings. The van der Waals surface area contributed by atoms with Crippen molar-refractivity contribution in [3.05, 3.63) is 30.1 Å². The maximum absolute atomic E-state index is 12.3. The van der Waals surface area contributed by atoms with Crippen molar-refractivity contribution in [3.8, 4) is 0 Å². The van der Waals surface area contributed by atoms with Gasteiger partial charge in [-0.2, -0.15) is 0 Å². The SMILES string of the molecule is CCC1CN(C(=O)NC(C)C)CCC1CC(=O)NCc1cccnc1. The van der Waals surface area contributed by atoms with Crippen LogP contribution in [0.1, 0.15) is 45.6 Å². The Bertz CT molecular complexity index is 562. The van der Waals surface area contributed by atoms with Crippen LogP contribution in [0.25, 0.3) is 0 Å². The van der Waals surface area contributed by atoms with Crippen LogP contribution in [0.3, 0.4) is 0 Å². The summed E-state index contributed by atoms with van der Waals surface area (Å²) in [5.41, 5.74) is 1.00. The summed E-state index contributed by atoms with van der Waals surface area (Å²) in [5.74, 6) is 0.783. The minimum Gasteiger partial charge on any atom is -0.352 e. The van der Waals surface area contributed by atoms with E-state index in [4.69, 9.17) is 0 Å². The molecule has 0 aromatic carbocycles. The quantitative estimate of drug-likeness (QED) is 0.831. The first-order valence-electron chi connectivity index (χ1n) is 9.20. The van der Waals surface area contributed by atoms with Crippen LogP contribution in [0.2, 0.25) is 0 Å². The Morgan fingerprint density at radius 3 is 2.80 bits per heavy atom. The van der Waals surface area contributed by atoms with E-state index in [2.05, 4.69) is 22.5 Å². The molecule has 2 N–H and O–H groups in total. The second-order valence-corrected chi connectivity index (χ2v) is 7.11. The van der Waals surface area contributed by atoms with E-state index in [0.29, 0.717) is 24.8 Å². The predicted octanol–water partition coefficient (Wildman–Crippen LogP) is 2.55. The monoisotopic (exact) mass is 346 g/mol. The molecule has 2 rings (SSSR count). The maximum atomic E-state index is 12.3. The third kappa shape index (κ3) is 6.03. The van der Waals surface area contributed by atoms with Gasteiger partial charge in [-0.3, -0.25) is 9.78 Å². The van der Waals surface area contributed by atoms with Gasteiger partial charge in [-0.25, -0.2) is 4.79 Å². The Hall–Kier alpha value is -2.11. The molecule has 0 aliphatic carbocycles. The van der Waals surface area contributed by atoms with Gasteiger partial charge in [0.05, 0.1) is 0 Å². The zero-order valence-corrected chi connectivity index (χ0v) is 15.5. The standard InChI is InChI=1S/C19H30N4O2/c1-4-16-13-23(19(25)22-14(2)3)9-7-17(16)10-18(24)21-12-15-6-5-8-20-11-15/h5-6,8,11,14,16-17H,4,7,9-10,12-13H2,1-3H3,(H,21,24)(H,22,25). The van der Waals surface area contributed by atoms with Gasteiger partial charge in [-0.15, -0.1) is 0 Å². The van der Waals surface area contributed by atoms with Crippen molar-refractivity contribution in [2.75, 3.05) is 13.1 Å². The zero-order valence-electron chi connectivity index (χ0n) is 15.5. The highest BCUT2D eigenvalue weighted by atomic mass is 16.2. The van der Waals surface area contributed by atoms with Gasteiger partial charge < -0.3 is 15.5 Å². The van der Waals surface area contributed by atoms with E-state index in [-0.39, 0.29) is 18.0 Å². The van der Waals surface area contributed by atoms with Crippen molar-refractivity contribution in [2.45, 2.75) is 52.6 Å². The van der Waals surface area contributed by atoms with E-state index < -0.39 is 0 Å². The molecule has 1 aliphatic heterocycles. The molecule has 25 heavy (non-hydrogen) atoms. The number of carbonyl (C=O) groups is 2. The minimum absolute atomic E-state index is 0.00734. The summed E-state index contributed by atoms with van der Waals surface area (Å²) in [6.07, 6.45) is 5.87. The molecule has 2 atom stereocenters. The molecule has 1 aliphatic rings. The number of piperidine rings is 1. The molecule has 6 heteroatoms. The average molecular weight is 346 g/mol. The van der Waals surface area contributed by atoms with Crippen molar-refractivity contribution in [3.63, 3.8) is 0 Å². The number of hydrogen-bond donors (Lipinski definition) is 2. The van der Waals surface area contributed by atoms with Crippen LogP contribution in [0.5, 0.6) is 0 Å². The lowest BCUT2D eigenvalue weighted by Crippen LogP contribution is -2.50. The van der Waals surface area contributed by atoms with Crippen LogP contribution in [-0.4, -0.2) is 41.0 Å². The summed E-state index contributed by atoms with van der Waals surface area (Å²) in [6, 6.07) is 3.97. The van der Waals surface area contributed by atoms with Crippen LogP contribution in [-0.2, 0) is 11.3 Å². The number of nitrogens with one attached hydrogen (secondary N) is 2. The smallest absolute Gasteiger partial charge is 0.317 e. The first kappa shape index (κ1) is 19.2. The second kappa shape index (κ2) is 9.39. The summed E-state index contributed by atoms with van der Waals surface area (Å²) < 4.78 is 0. The van der Waals surface area contributed by atoms with Gasteiger partial charge in [0.1, 0.15) is 0 Å². The topological polar surface area (TPSA) is 74.3 Å². The van der Waals surface area contributed by atoms with E-state index in [0.717, 1.165) is 31.5 Å². The number of nitrogens with zero attached hydrogens (tertiary/aromatic N) is 2. The highest BCUT2D eigenvalue weighted by Crippen LogP contribution is 2.29. The van der Waals surface area contributed by atoms with Gasteiger partial charge in [-0.1, -0.05) is 19.4 Å². The number of likely N-dealkylation sites (tertiary alicyclic amines) is 1. The lowest BCUT2D eigenvalue weighted by Gasteiger charge is -2.38. The summed E-state index contributed by atoms with van der Waals surface area (Å²) in [4.78, 5) is 30.4. The summed E-state index contributed by atoms with van der Waals surface area (Å²) >= 11 is 0. The van der Waals surface area contributed by atoms with Crippen molar-refractivity contribution in [1.82, 2.24) is 20.5 Å². The van der Waals surface area contributed by atoms with Gasteiger partial charge in [-0.05, 0) is 43.7 Å². The zero-order chi connectivity index (χ0) is 18.2. The molecule has 0 bridgehead atoms. The molecular weight excluding hydrogens is 316 g/mol. The van der Waals surface area contributed by atoms with Crippen LogP contribution in [0, 0.1) is 11.8 Å². The van der Waals surface area contributed by atoms with Crippen LogP contribution in [0.15, 0.2) is 24.5 Å². The van der Waals surface area contributed by atoms with Crippen molar-refractivity contribution in [1.29, 1.82) is 0 Å². The molecule has 2 heterocycles. The molecule has 3 amide bonds. The normalized spacial score (nSPS) is 20.4. The molecule has 1 fully saturated rings. The molecule has 0 spiro atoms. The first-order valence-corrected chi connectivity index (χ1v) is 9.20. The summed E-state index contributed by atoms with van der Waals surface area (Å²) in [5, 5.41) is 5.93. The van der Waals surface area contributed by atoms with Crippen molar-refractivity contribution >= 4 is 11.9 Å². The van der Waals surface area contributed by atoms with E-state index in [9.17, 15) is 9.59 Å². The fourth-order valence-electron chi connectivity index (χ4n) is 3.35. The molecule has 2 unspecified atom stereocenters. The van der Waals surface area contributed by atoms with Crippen molar-refractivity contribution in [2.24, 2.45) is 11.8 Å². The van der Waals surface area contributed by atoms with E-state index in [1.807, 2.05) is 30.9 Å². The molecule has 138 valence electrons. The molecule has 1 aromatic heterocycles. The molecule has 0 saturated carbocycles. The Labute approximate surface area is 150 Å². The van der Waals surface area contributed by atoms with Crippen molar-refractivity contribution < 1.29 is 9.59 Å².